The zero-order valence-corrected chi connectivity index (χ0v) is 14.8. The molecule has 4 nitrogen and oxygen atoms in total. The van der Waals surface area contributed by atoms with Gasteiger partial charge in [-0.1, -0.05) is 40.7 Å². The number of benzene rings is 1. The lowest BCUT2D eigenvalue weighted by Gasteiger charge is -2.37. The van der Waals surface area contributed by atoms with E-state index in [1.165, 1.54) is 6.42 Å². The average Bonchev–Trinajstić information content (AvgIpc) is 2.44. The fourth-order valence-electron chi connectivity index (χ4n) is 3.19. The SMILES string of the molecule is CC1CC(C)CN(c2cccc(NC(=O)C(C)(C)C)c2C#N)C1. The van der Waals surface area contributed by atoms with Crippen LogP contribution in [0.15, 0.2) is 18.2 Å². The van der Waals surface area contributed by atoms with E-state index in [9.17, 15) is 10.1 Å². The van der Waals surface area contributed by atoms with Crippen LogP contribution in [0.4, 0.5) is 11.4 Å². The van der Waals surface area contributed by atoms with Crippen molar-refractivity contribution in [1.82, 2.24) is 0 Å². The first-order chi connectivity index (χ1) is 10.7. The van der Waals surface area contributed by atoms with Gasteiger partial charge in [0.05, 0.1) is 16.9 Å². The largest absolute Gasteiger partial charge is 0.370 e. The van der Waals surface area contributed by atoms with Gasteiger partial charge in [-0.25, -0.2) is 0 Å². The average molecular weight is 313 g/mol. The molecular formula is C19H27N3O. The summed E-state index contributed by atoms with van der Waals surface area (Å²) in [6, 6.07) is 8.00. The Hall–Kier alpha value is -2.02. The van der Waals surface area contributed by atoms with Crippen LogP contribution >= 0.6 is 0 Å². The number of piperidine rings is 1. The number of rotatable bonds is 2. The van der Waals surface area contributed by atoms with Gasteiger partial charge in [0, 0.05) is 18.5 Å². The quantitative estimate of drug-likeness (QED) is 0.897. The van der Waals surface area contributed by atoms with Crippen molar-refractivity contribution >= 4 is 17.3 Å². The van der Waals surface area contributed by atoms with Crippen LogP contribution in [0.5, 0.6) is 0 Å². The molecule has 0 spiro atoms. The van der Waals surface area contributed by atoms with Gasteiger partial charge in [0.15, 0.2) is 0 Å². The van der Waals surface area contributed by atoms with Crippen LogP contribution in [0.1, 0.15) is 46.6 Å². The predicted octanol–water partition coefficient (Wildman–Crippen LogP) is 4.03. The van der Waals surface area contributed by atoms with Gasteiger partial charge in [0.25, 0.3) is 0 Å². The van der Waals surface area contributed by atoms with Gasteiger partial charge in [-0.15, -0.1) is 0 Å². The maximum atomic E-state index is 12.3. The highest BCUT2D eigenvalue weighted by molar-refractivity contribution is 5.96. The Morgan fingerprint density at radius 1 is 1.26 bits per heavy atom. The zero-order valence-electron chi connectivity index (χ0n) is 14.8. The van der Waals surface area contributed by atoms with Crippen LogP contribution in [-0.4, -0.2) is 19.0 Å². The van der Waals surface area contributed by atoms with E-state index in [0.717, 1.165) is 18.8 Å². The summed E-state index contributed by atoms with van der Waals surface area (Å²) in [6.45, 7) is 12.0. The molecule has 1 fully saturated rings. The fraction of sp³-hybridized carbons (Fsp3) is 0.579. The van der Waals surface area contributed by atoms with E-state index in [2.05, 4.69) is 30.1 Å². The third-order valence-electron chi connectivity index (χ3n) is 4.29. The Morgan fingerprint density at radius 2 is 1.87 bits per heavy atom. The molecule has 1 aliphatic heterocycles. The van der Waals surface area contributed by atoms with Crippen LogP contribution in [-0.2, 0) is 4.79 Å². The number of nitrogens with one attached hydrogen (secondary N) is 1. The van der Waals surface area contributed by atoms with E-state index in [0.29, 0.717) is 23.1 Å². The number of amides is 1. The number of nitrogens with zero attached hydrogens (tertiary/aromatic N) is 2. The summed E-state index contributed by atoms with van der Waals surface area (Å²) < 4.78 is 0. The van der Waals surface area contributed by atoms with E-state index in [1.807, 2.05) is 39.0 Å². The highest BCUT2D eigenvalue weighted by atomic mass is 16.2. The first kappa shape index (κ1) is 17.3. The van der Waals surface area contributed by atoms with Crippen molar-refractivity contribution < 1.29 is 4.79 Å². The normalized spacial score (nSPS) is 21.7. The molecule has 0 aromatic heterocycles. The highest BCUT2D eigenvalue weighted by Gasteiger charge is 2.26. The van der Waals surface area contributed by atoms with Gasteiger partial charge >= 0.3 is 0 Å². The number of hydrogen-bond acceptors (Lipinski definition) is 3. The van der Waals surface area contributed by atoms with Crippen LogP contribution in [0.2, 0.25) is 0 Å². The number of nitriles is 1. The molecule has 1 amide bonds. The maximum Gasteiger partial charge on any atom is 0.229 e. The van der Waals surface area contributed by atoms with Crippen molar-refractivity contribution in [3.63, 3.8) is 0 Å². The first-order valence-corrected chi connectivity index (χ1v) is 8.32. The summed E-state index contributed by atoms with van der Waals surface area (Å²) in [5, 5.41) is 12.6. The minimum absolute atomic E-state index is 0.0773. The molecule has 23 heavy (non-hydrogen) atoms. The molecule has 0 saturated carbocycles. The third-order valence-corrected chi connectivity index (χ3v) is 4.29. The van der Waals surface area contributed by atoms with Crippen LogP contribution in [0.3, 0.4) is 0 Å². The first-order valence-electron chi connectivity index (χ1n) is 8.32. The summed E-state index contributed by atoms with van der Waals surface area (Å²) >= 11 is 0. The third kappa shape index (κ3) is 4.04. The van der Waals surface area contributed by atoms with Crippen LogP contribution < -0.4 is 10.2 Å². The van der Waals surface area contributed by atoms with Crippen molar-refractivity contribution in [2.75, 3.05) is 23.3 Å². The van der Waals surface area contributed by atoms with Crippen molar-refractivity contribution in [3.05, 3.63) is 23.8 Å². The molecule has 4 heteroatoms. The second-order valence-corrected chi connectivity index (χ2v) is 7.87. The minimum atomic E-state index is -0.489. The monoisotopic (exact) mass is 313 g/mol. The van der Waals surface area contributed by atoms with Crippen molar-refractivity contribution in [1.29, 1.82) is 5.26 Å². The molecule has 124 valence electrons. The van der Waals surface area contributed by atoms with E-state index >= 15 is 0 Å². The van der Waals surface area contributed by atoms with Gasteiger partial charge in [0.2, 0.25) is 5.91 Å². The Balaban J connectivity index is 2.34. The Labute approximate surface area is 139 Å². The molecule has 1 heterocycles. The molecule has 2 atom stereocenters. The summed E-state index contributed by atoms with van der Waals surface area (Å²) in [5.41, 5.74) is 1.61. The van der Waals surface area contributed by atoms with Gasteiger partial charge in [-0.3, -0.25) is 4.79 Å². The second kappa shape index (κ2) is 6.62. The number of carbonyl (C=O) groups excluding carboxylic acids is 1. The van der Waals surface area contributed by atoms with Crippen molar-refractivity contribution in [2.24, 2.45) is 17.3 Å². The van der Waals surface area contributed by atoms with Crippen molar-refractivity contribution in [2.45, 2.75) is 41.0 Å². The summed E-state index contributed by atoms with van der Waals surface area (Å²) in [6.07, 6.45) is 1.22. The standard InChI is InChI=1S/C19H27N3O/c1-13-9-14(2)12-22(11-13)17-8-6-7-16(15(17)10-20)21-18(23)19(3,4)5/h6-8,13-14H,9,11-12H2,1-5H3,(H,21,23). The molecule has 1 aromatic rings. The maximum absolute atomic E-state index is 12.3. The van der Waals surface area contributed by atoms with E-state index < -0.39 is 5.41 Å². The molecule has 0 radical (unpaired) electrons. The fourth-order valence-corrected chi connectivity index (χ4v) is 3.19. The molecule has 2 unspecified atom stereocenters. The molecule has 0 bridgehead atoms. The van der Waals surface area contributed by atoms with Crippen LogP contribution in [0, 0.1) is 28.6 Å². The lowest BCUT2D eigenvalue weighted by Crippen LogP contribution is -2.39. The minimum Gasteiger partial charge on any atom is -0.370 e. The lowest BCUT2D eigenvalue weighted by atomic mass is 9.91. The molecule has 1 aromatic carbocycles. The number of hydrogen-bond donors (Lipinski definition) is 1. The van der Waals surface area contributed by atoms with Gasteiger partial charge in [0.1, 0.15) is 6.07 Å². The predicted molar refractivity (Wildman–Crippen MR) is 94.4 cm³/mol. The molecule has 1 aliphatic rings. The molecule has 1 saturated heterocycles. The Bertz CT molecular complexity index is 614. The van der Waals surface area contributed by atoms with Gasteiger partial charge in [-0.05, 0) is 30.4 Å². The second-order valence-electron chi connectivity index (χ2n) is 7.87. The lowest BCUT2D eigenvalue weighted by molar-refractivity contribution is -0.123. The van der Waals surface area contributed by atoms with Crippen LogP contribution in [0.25, 0.3) is 0 Å². The number of carbonyl (C=O) groups is 1. The van der Waals surface area contributed by atoms with Gasteiger partial charge < -0.3 is 10.2 Å². The summed E-state index contributed by atoms with van der Waals surface area (Å²) in [4.78, 5) is 14.5. The molecule has 2 rings (SSSR count). The van der Waals surface area contributed by atoms with E-state index in [-0.39, 0.29) is 5.91 Å². The van der Waals surface area contributed by atoms with Gasteiger partial charge in [-0.2, -0.15) is 5.26 Å². The van der Waals surface area contributed by atoms with Crippen molar-refractivity contribution in [3.8, 4) is 6.07 Å². The molecule has 1 N–H and O–H groups in total. The Morgan fingerprint density at radius 3 is 2.39 bits per heavy atom. The smallest absolute Gasteiger partial charge is 0.229 e. The number of anilines is 2. The summed E-state index contributed by atoms with van der Waals surface area (Å²) in [5.74, 6) is 1.14. The van der Waals surface area contributed by atoms with E-state index in [1.54, 1.807) is 0 Å². The van der Waals surface area contributed by atoms with E-state index in [4.69, 9.17) is 0 Å². The highest BCUT2D eigenvalue weighted by Crippen LogP contribution is 2.32. The topological polar surface area (TPSA) is 56.1 Å². The Kier molecular flexibility index (Phi) is 4.99. The summed E-state index contributed by atoms with van der Waals surface area (Å²) in [7, 11) is 0. The zero-order chi connectivity index (χ0) is 17.2. The molecule has 0 aliphatic carbocycles. The molecular weight excluding hydrogens is 286 g/mol.